The van der Waals surface area contributed by atoms with Crippen LogP contribution in [0, 0.1) is 0 Å². The summed E-state index contributed by atoms with van der Waals surface area (Å²) in [5.74, 6) is 0.658. The van der Waals surface area contributed by atoms with E-state index in [1.807, 2.05) is 0 Å². The summed E-state index contributed by atoms with van der Waals surface area (Å²) >= 11 is 0. The topological polar surface area (TPSA) is 45.5 Å². The lowest BCUT2D eigenvalue weighted by Crippen LogP contribution is -2.02. The molecule has 0 atom stereocenters. The number of fused-ring (bicyclic) bond motifs is 14. The van der Waals surface area contributed by atoms with E-state index in [4.69, 9.17) is 9.97 Å². The average Bonchev–Trinajstić information content (AvgIpc) is 4.41. The Kier molecular flexibility index (Phi) is 9.23. The van der Waals surface area contributed by atoms with Crippen LogP contribution < -0.4 is 0 Å². The second kappa shape index (κ2) is 16.6. The molecule has 16 aromatic rings. The molecule has 0 saturated heterocycles. The average molecular weight is 969 g/mol. The predicted octanol–water partition coefficient (Wildman–Crippen LogP) is 17.9. The van der Waals surface area contributed by atoms with E-state index < -0.39 is 0 Å². The molecule has 76 heavy (non-hydrogen) atoms. The molecule has 0 aliphatic rings. The fourth-order valence-corrected chi connectivity index (χ4v) is 12.4. The van der Waals surface area contributed by atoms with E-state index in [-0.39, 0.29) is 0 Å². The first-order chi connectivity index (χ1) is 37.8. The Morgan fingerprint density at radius 2 is 0.658 bits per heavy atom. The molecule has 11 aromatic carbocycles. The van der Waals surface area contributed by atoms with Crippen molar-refractivity contribution in [1.29, 1.82) is 0 Å². The maximum atomic E-state index is 5.78. The van der Waals surface area contributed by atoms with Gasteiger partial charge in [-0.1, -0.05) is 182 Å². The normalized spacial score (nSPS) is 11.9. The van der Waals surface area contributed by atoms with Gasteiger partial charge in [-0.25, -0.2) is 9.97 Å². The van der Waals surface area contributed by atoms with Crippen molar-refractivity contribution in [2.45, 2.75) is 0 Å². The molecule has 6 heteroatoms. The highest BCUT2D eigenvalue weighted by molar-refractivity contribution is 6.31. The fourth-order valence-electron chi connectivity index (χ4n) is 12.4. The Balaban J connectivity index is 1.17. The number of hydrogen-bond acceptors (Lipinski definition) is 2. The highest BCUT2D eigenvalue weighted by Crippen LogP contribution is 2.50. The summed E-state index contributed by atoms with van der Waals surface area (Å²) in [6, 6.07) is 96.3. The molecule has 0 fully saturated rings. The number of benzene rings is 11. The Morgan fingerprint density at radius 3 is 1.25 bits per heavy atom. The molecule has 0 saturated carbocycles. The zero-order valence-corrected chi connectivity index (χ0v) is 41.1. The van der Waals surface area contributed by atoms with E-state index in [9.17, 15) is 0 Å². The van der Waals surface area contributed by atoms with Crippen molar-refractivity contribution in [3.05, 3.63) is 267 Å². The largest absolute Gasteiger partial charge is 0.309 e. The van der Waals surface area contributed by atoms with Crippen molar-refractivity contribution >= 4 is 87.2 Å². The van der Waals surface area contributed by atoms with Gasteiger partial charge in [-0.15, -0.1) is 0 Å². The Bertz CT molecular complexity index is 4890. The van der Waals surface area contributed by atoms with Crippen LogP contribution in [-0.4, -0.2) is 28.2 Å². The molecule has 6 nitrogen and oxygen atoms in total. The van der Waals surface area contributed by atoms with Gasteiger partial charge in [0.25, 0.3) is 0 Å². The van der Waals surface area contributed by atoms with E-state index in [0.717, 1.165) is 106 Å². The Labute approximate surface area is 436 Å². The van der Waals surface area contributed by atoms with E-state index >= 15 is 0 Å². The second-order valence-electron chi connectivity index (χ2n) is 19.7. The summed E-state index contributed by atoms with van der Waals surface area (Å²) in [4.78, 5) is 11.2. The summed E-state index contributed by atoms with van der Waals surface area (Å²) in [7, 11) is 0. The summed E-state index contributed by atoms with van der Waals surface area (Å²) in [6.07, 6.45) is 0. The number of hydrogen-bond donors (Lipinski definition) is 0. The van der Waals surface area contributed by atoms with Crippen molar-refractivity contribution in [2.24, 2.45) is 0 Å². The molecule has 0 aliphatic carbocycles. The minimum atomic E-state index is 0.658. The van der Waals surface area contributed by atoms with Crippen LogP contribution in [0.25, 0.3) is 144 Å². The number of aromatic nitrogens is 6. The van der Waals surface area contributed by atoms with E-state index in [2.05, 4.69) is 285 Å². The molecular formula is C70H44N6. The quantitative estimate of drug-likeness (QED) is 0.160. The van der Waals surface area contributed by atoms with Crippen LogP contribution in [0.4, 0.5) is 0 Å². The maximum Gasteiger partial charge on any atom is 0.160 e. The van der Waals surface area contributed by atoms with Gasteiger partial charge in [0.05, 0.1) is 61.2 Å². The maximum absolute atomic E-state index is 5.78. The van der Waals surface area contributed by atoms with Crippen molar-refractivity contribution in [2.75, 3.05) is 0 Å². The van der Waals surface area contributed by atoms with Crippen LogP contribution >= 0.6 is 0 Å². The number of rotatable bonds is 7. The van der Waals surface area contributed by atoms with E-state index in [0.29, 0.717) is 5.82 Å². The predicted molar refractivity (Wildman–Crippen MR) is 316 cm³/mol. The first kappa shape index (κ1) is 42.2. The Hall–Kier alpha value is -10.3. The summed E-state index contributed by atoms with van der Waals surface area (Å²) < 4.78 is 9.91. The van der Waals surface area contributed by atoms with Gasteiger partial charge in [-0.3, -0.25) is 0 Å². The van der Waals surface area contributed by atoms with Gasteiger partial charge in [0, 0.05) is 76.8 Å². The Morgan fingerprint density at radius 1 is 0.250 bits per heavy atom. The molecule has 5 heterocycles. The van der Waals surface area contributed by atoms with Crippen LogP contribution in [0.15, 0.2) is 267 Å². The van der Waals surface area contributed by atoms with Crippen LogP contribution in [0.5, 0.6) is 0 Å². The molecule has 0 bridgehead atoms. The standard InChI is InChI=1S/C70H44N6/c1-6-22-45(23-7-1)55-44-56(72-70(71-55)46-24-8-2-9-25-46)65-61(76-58-36-20-17-33-51(58)52-38-40-60-64(68(52)76)54-34-18-21-37-59(54)73(60)47-26-10-3-11-27-47)42-43-62-66(65)67-63(74(62)48-28-12-4-13-29-48)41-39-53-50-32-16-19-35-57(50)75(69(53)67)49-30-14-5-15-31-49/h1-44H. The van der Waals surface area contributed by atoms with Crippen LogP contribution in [0.3, 0.4) is 0 Å². The molecule has 354 valence electrons. The van der Waals surface area contributed by atoms with Crippen LogP contribution in [-0.2, 0) is 0 Å². The molecule has 0 amide bonds. The molecule has 0 unspecified atom stereocenters. The van der Waals surface area contributed by atoms with Crippen molar-refractivity contribution in [3.63, 3.8) is 0 Å². The van der Waals surface area contributed by atoms with E-state index in [1.54, 1.807) is 0 Å². The van der Waals surface area contributed by atoms with E-state index in [1.165, 1.54) is 32.3 Å². The third-order valence-corrected chi connectivity index (χ3v) is 15.5. The molecule has 16 rings (SSSR count). The summed E-state index contributed by atoms with van der Waals surface area (Å²) in [5.41, 5.74) is 18.0. The van der Waals surface area contributed by atoms with Gasteiger partial charge >= 0.3 is 0 Å². The lowest BCUT2D eigenvalue weighted by Gasteiger charge is -2.18. The lowest BCUT2D eigenvalue weighted by atomic mass is 9.97. The SMILES string of the molecule is c1ccc(-c2cc(-c3c(-n4c5ccccc5c5ccc6c(c7ccccc7n6-c6ccccc6)c54)ccc4c3c3c(ccc5c6ccccc6n(-c6ccccc6)c53)n4-c3ccccc3)nc(-c3ccccc3)n2)cc1. The van der Waals surface area contributed by atoms with Gasteiger partial charge in [0.2, 0.25) is 0 Å². The van der Waals surface area contributed by atoms with Gasteiger partial charge < -0.3 is 18.3 Å². The van der Waals surface area contributed by atoms with Gasteiger partial charge in [-0.05, 0) is 84.9 Å². The molecule has 0 aliphatic heterocycles. The van der Waals surface area contributed by atoms with Gasteiger partial charge in [0.1, 0.15) is 0 Å². The fraction of sp³-hybridized carbons (Fsp3) is 0. The van der Waals surface area contributed by atoms with Gasteiger partial charge in [-0.2, -0.15) is 0 Å². The third kappa shape index (κ3) is 6.16. The first-order valence-electron chi connectivity index (χ1n) is 25.9. The first-order valence-corrected chi connectivity index (χ1v) is 25.9. The lowest BCUT2D eigenvalue weighted by molar-refractivity contribution is 1.15. The minimum absolute atomic E-state index is 0.658. The van der Waals surface area contributed by atoms with Crippen molar-refractivity contribution in [1.82, 2.24) is 28.2 Å². The van der Waals surface area contributed by atoms with Crippen LogP contribution in [0.1, 0.15) is 0 Å². The molecule has 0 radical (unpaired) electrons. The molecule has 0 spiro atoms. The summed E-state index contributed by atoms with van der Waals surface area (Å²) in [5, 5.41) is 9.35. The monoisotopic (exact) mass is 968 g/mol. The zero-order chi connectivity index (χ0) is 49.8. The molecule has 0 N–H and O–H groups in total. The number of nitrogens with zero attached hydrogens (tertiary/aromatic N) is 6. The second-order valence-corrected chi connectivity index (χ2v) is 19.7. The van der Waals surface area contributed by atoms with Gasteiger partial charge in [0.15, 0.2) is 5.82 Å². The third-order valence-electron chi connectivity index (χ3n) is 15.5. The highest BCUT2D eigenvalue weighted by Gasteiger charge is 2.29. The smallest absolute Gasteiger partial charge is 0.160 e. The number of para-hydroxylation sites is 6. The minimum Gasteiger partial charge on any atom is -0.309 e. The summed E-state index contributed by atoms with van der Waals surface area (Å²) in [6.45, 7) is 0. The van der Waals surface area contributed by atoms with Crippen molar-refractivity contribution < 1.29 is 0 Å². The zero-order valence-electron chi connectivity index (χ0n) is 41.1. The molecular weight excluding hydrogens is 925 g/mol. The van der Waals surface area contributed by atoms with Crippen molar-refractivity contribution in [3.8, 4) is 56.7 Å². The highest BCUT2D eigenvalue weighted by atomic mass is 15.0. The molecule has 5 aromatic heterocycles. The van der Waals surface area contributed by atoms with Crippen LogP contribution in [0.2, 0.25) is 0 Å².